The van der Waals surface area contributed by atoms with Crippen molar-refractivity contribution >= 4 is 0 Å². The second-order valence-corrected chi connectivity index (χ2v) is 3.62. The fourth-order valence-electron chi connectivity index (χ4n) is 1.56. The number of rotatable bonds is 8. The molecule has 3 N–H and O–H groups in total. The van der Waals surface area contributed by atoms with Crippen LogP contribution in [0.1, 0.15) is 25.0 Å². The zero-order chi connectivity index (χ0) is 10.9. The number of methoxy groups -OCH3 is 1. The van der Waals surface area contributed by atoms with E-state index in [-0.39, 0.29) is 0 Å². The van der Waals surface area contributed by atoms with Crippen LogP contribution in [0, 0.1) is 0 Å². The van der Waals surface area contributed by atoms with Crippen LogP contribution in [0.2, 0.25) is 0 Å². The zero-order valence-corrected chi connectivity index (χ0v) is 9.24. The molecule has 1 rings (SSSR count). The lowest BCUT2D eigenvalue weighted by Gasteiger charge is -2.14. The maximum Gasteiger partial charge on any atom is 0.103 e. The predicted molar refractivity (Wildman–Crippen MR) is 59.3 cm³/mol. The van der Waals surface area contributed by atoms with E-state index in [1.807, 2.05) is 12.1 Å². The smallest absolute Gasteiger partial charge is 0.103 e. The lowest BCUT2D eigenvalue weighted by molar-refractivity contribution is 0.188. The van der Waals surface area contributed by atoms with Gasteiger partial charge in [0.2, 0.25) is 0 Å². The van der Waals surface area contributed by atoms with Crippen LogP contribution in [0.25, 0.3) is 0 Å². The number of furan rings is 1. The summed E-state index contributed by atoms with van der Waals surface area (Å²) in [6, 6.07) is 4.23. The van der Waals surface area contributed by atoms with E-state index in [4.69, 9.17) is 15.0 Å². The summed E-state index contributed by atoms with van der Waals surface area (Å²) in [6.45, 7) is 0.791. The summed E-state index contributed by atoms with van der Waals surface area (Å²) < 4.78 is 10.3. The van der Waals surface area contributed by atoms with Crippen molar-refractivity contribution in [1.82, 2.24) is 5.43 Å². The lowest BCUT2D eigenvalue weighted by Crippen LogP contribution is -2.35. The molecule has 0 aromatic carbocycles. The SMILES string of the molecule is COCCCC(CCc1ccco1)NN. The third-order valence-electron chi connectivity index (χ3n) is 2.46. The van der Waals surface area contributed by atoms with Crippen molar-refractivity contribution in [2.24, 2.45) is 5.84 Å². The van der Waals surface area contributed by atoms with Crippen molar-refractivity contribution in [1.29, 1.82) is 0 Å². The lowest BCUT2D eigenvalue weighted by atomic mass is 10.1. The van der Waals surface area contributed by atoms with E-state index < -0.39 is 0 Å². The van der Waals surface area contributed by atoms with E-state index >= 15 is 0 Å². The second kappa shape index (κ2) is 7.45. The van der Waals surface area contributed by atoms with Gasteiger partial charge in [-0.1, -0.05) is 0 Å². The highest BCUT2D eigenvalue weighted by molar-refractivity contribution is 4.98. The number of ether oxygens (including phenoxy) is 1. The predicted octanol–water partition coefficient (Wildman–Crippen LogP) is 1.47. The van der Waals surface area contributed by atoms with Gasteiger partial charge in [-0.25, -0.2) is 0 Å². The first-order valence-electron chi connectivity index (χ1n) is 5.34. The summed E-state index contributed by atoms with van der Waals surface area (Å²) in [6.07, 6.45) is 5.68. The molecule has 1 heterocycles. The summed E-state index contributed by atoms with van der Waals surface area (Å²) in [4.78, 5) is 0. The minimum absolute atomic E-state index is 0.338. The Morgan fingerprint density at radius 2 is 2.40 bits per heavy atom. The molecule has 0 radical (unpaired) electrons. The summed E-state index contributed by atoms with van der Waals surface area (Å²) in [5.41, 5.74) is 2.83. The van der Waals surface area contributed by atoms with Gasteiger partial charge in [-0.15, -0.1) is 0 Å². The zero-order valence-electron chi connectivity index (χ0n) is 9.24. The second-order valence-electron chi connectivity index (χ2n) is 3.62. The van der Waals surface area contributed by atoms with Crippen LogP contribution in [-0.2, 0) is 11.2 Å². The molecule has 4 heteroatoms. The number of hydrogen-bond donors (Lipinski definition) is 2. The Hall–Kier alpha value is -0.840. The highest BCUT2D eigenvalue weighted by Gasteiger charge is 2.07. The molecule has 0 saturated heterocycles. The van der Waals surface area contributed by atoms with Crippen molar-refractivity contribution in [2.75, 3.05) is 13.7 Å². The first-order chi connectivity index (χ1) is 7.36. The monoisotopic (exact) mass is 212 g/mol. The molecule has 0 fully saturated rings. The number of aryl methyl sites for hydroxylation is 1. The summed E-state index contributed by atoms with van der Waals surface area (Å²) in [5.74, 6) is 6.49. The standard InChI is InChI=1S/C11H20N2O2/c1-14-8-2-4-10(13-12)6-7-11-5-3-9-15-11/h3,5,9-10,13H,2,4,6-8,12H2,1H3. The number of hydrazine groups is 1. The molecular formula is C11H20N2O2. The maximum atomic E-state index is 5.47. The van der Waals surface area contributed by atoms with Gasteiger partial charge in [0.25, 0.3) is 0 Å². The third-order valence-corrected chi connectivity index (χ3v) is 2.46. The van der Waals surface area contributed by atoms with Gasteiger partial charge in [0.15, 0.2) is 0 Å². The van der Waals surface area contributed by atoms with Gasteiger partial charge in [0.05, 0.1) is 6.26 Å². The quantitative estimate of drug-likeness (QED) is 0.389. The van der Waals surface area contributed by atoms with Gasteiger partial charge < -0.3 is 9.15 Å². The molecule has 0 aliphatic rings. The number of hydrogen-bond acceptors (Lipinski definition) is 4. The van der Waals surface area contributed by atoms with E-state index in [9.17, 15) is 0 Å². The van der Waals surface area contributed by atoms with Crippen molar-refractivity contribution in [3.05, 3.63) is 24.2 Å². The number of nitrogens with one attached hydrogen (secondary N) is 1. The van der Waals surface area contributed by atoms with Crippen LogP contribution in [-0.4, -0.2) is 19.8 Å². The summed E-state index contributed by atoms with van der Waals surface area (Å²) in [7, 11) is 1.72. The molecule has 15 heavy (non-hydrogen) atoms. The topological polar surface area (TPSA) is 60.4 Å². The van der Waals surface area contributed by atoms with Crippen LogP contribution in [0.5, 0.6) is 0 Å². The van der Waals surface area contributed by atoms with E-state index in [1.165, 1.54) is 0 Å². The van der Waals surface area contributed by atoms with Gasteiger partial charge in [0.1, 0.15) is 5.76 Å². The van der Waals surface area contributed by atoms with Crippen molar-refractivity contribution in [3.63, 3.8) is 0 Å². The van der Waals surface area contributed by atoms with E-state index in [0.717, 1.165) is 38.1 Å². The highest BCUT2D eigenvalue weighted by Crippen LogP contribution is 2.08. The van der Waals surface area contributed by atoms with Gasteiger partial charge in [-0.3, -0.25) is 11.3 Å². The normalized spacial score (nSPS) is 12.9. The first-order valence-corrected chi connectivity index (χ1v) is 5.34. The third kappa shape index (κ3) is 4.97. The fourth-order valence-corrected chi connectivity index (χ4v) is 1.56. The largest absolute Gasteiger partial charge is 0.469 e. The Morgan fingerprint density at radius 1 is 1.53 bits per heavy atom. The Bertz CT molecular complexity index is 237. The fraction of sp³-hybridized carbons (Fsp3) is 0.636. The molecule has 86 valence electrons. The Kier molecular flexibility index (Phi) is 6.08. The number of nitrogens with two attached hydrogens (primary N) is 1. The van der Waals surface area contributed by atoms with Crippen molar-refractivity contribution in [2.45, 2.75) is 31.7 Å². The maximum absolute atomic E-state index is 5.47. The molecular weight excluding hydrogens is 192 g/mol. The molecule has 1 aromatic rings. The average molecular weight is 212 g/mol. The molecule has 1 atom stereocenters. The molecule has 0 aliphatic carbocycles. The molecule has 0 amide bonds. The molecule has 0 aliphatic heterocycles. The minimum Gasteiger partial charge on any atom is -0.469 e. The molecule has 0 saturated carbocycles. The van der Waals surface area contributed by atoms with Crippen molar-refractivity contribution < 1.29 is 9.15 Å². The van der Waals surface area contributed by atoms with E-state index in [2.05, 4.69) is 5.43 Å². The van der Waals surface area contributed by atoms with Crippen molar-refractivity contribution in [3.8, 4) is 0 Å². The van der Waals surface area contributed by atoms with Gasteiger partial charge in [0, 0.05) is 26.2 Å². The van der Waals surface area contributed by atoms with E-state index in [1.54, 1.807) is 13.4 Å². The Morgan fingerprint density at radius 3 is 3.00 bits per heavy atom. The first kappa shape index (κ1) is 12.2. The Labute approximate surface area is 90.8 Å². The Balaban J connectivity index is 2.16. The van der Waals surface area contributed by atoms with Gasteiger partial charge >= 0.3 is 0 Å². The molecule has 1 unspecified atom stereocenters. The molecule has 0 spiro atoms. The van der Waals surface area contributed by atoms with Crippen LogP contribution in [0.15, 0.2) is 22.8 Å². The average Bonchev–Trinajstić information content (AvgIpc) is 2.76. The van der Waals surface area contributed by atoms with Crippen LogP contribution >= 0.6 is 0 Å². The summed E-state index contributed by atoms with van der Waals surface area (Å²) >= 11 is 0. The van der Waals surface area contributed by atoms with Gasteiger partial charge in [-0.05, 0) is 31.4 Å². The minimum atomic E-state index is 0.338. The van der Waals surface area contributed by atoms with Crippen LogP contribution in [0.4, 0.5) is 0 Å². The van der Waals surface area contributed by atoms with E-state index in [0.29, 0.717) is 6.04 Å². The molecule has 4 nitrogen and oxygen atoms in total. The summed E-state index contributed by atoms with van der Waals surface area (Å²) in [5, 5.41) is 0. The molecule has 0 bridgehead atoms. The van der Waals surface area contributed by atoms with Gasteiger partial charge in [-0.2, -0.15) is 0 Å². The van der Waals surface area contributed by atoms with Crippen LogP contribution < -0.4 is 11.3 Å². The highest BCUT2D eigenvalue weighted by atomic mass is 16.5. The van der Waals surface area contributed by atoms with Crippen LogP contribution in [0.3, 0.4) is 0 Å². The molecule has 1 aromatic heterocycles.